The van der Waals surface area contributed by atoms with Crippen LogP contribution in [0, 0.1) is 0 Å². The van der Waals surface area contributed by atoms with Crippen LogP contribution in [0.25, 0.3) is 0 Å². The highest BCUT2D eigenvalue weighted by Crippen LogP contribution is 2.16. The molecule has 1 aromatic heterocycles. The molecule has 0 saturated carbocycles. The van der Waals surface area contributed by atoms with Crippen molar-refractivity contribution in [1.29, 1.82) is 0 Å². The van der Waals surface area contributed by atoms with E-state index < -0.39 is 5.97 Å². The molecule has 1 atom stereocenters. The summed E-state index contributed by atoms with van der Waals surface area (Å²) in [6.45, 7) is 3.46. The van der Waals surface area contributed by atoms with Crippen molar-refractivity contribution < 1.29 is 19.4 Å². The van der Waals surface area contributed by atoms with Crippen LogP contribution >= 0.6 is 0 Å². The normalized spacial score (nSPS) is 18.6. The first-order valence-electron chi connectivity index (χ1n) is 6.47. The number of rotatable bonds is 3. The van der Waals surface area contributed by atoms with Gasteiger partial charge in [-0.25, -0.2) is 14.6 Å². The number of ether oxygens (including phenoxy) is 1. The lowest BCUT2D eigenvalue weighted by atomic mass is 10.2. The second kappa shape index (κ2) is 6.33. The van der Waals surface area contributed by atoms with E-state index in [1.807, 2.05) is 6.92 Å². The van der Waals surface area contributed by atoms with Gasteiger partial charge in [-0.2, -0.15) is 0 Å². The maximum Gasteiger partial charge on any atom is 0.356 e. The molecule has 2 amide bonds. The van der Waals surface area contributed by atoms with E-state index in [1.165, 1.54) is 12.3 Å². The first-order valence-corrected chi connectivity index (χ1v) is 6.47. The van der Waals surface area contributed by atoms with E-state index in [2.05, 4.69) is 10.3 Å². The van der Waals surface area contributed by atoms with E-state index in [0.29, 0.717) is 19.8 Å². The van der Waals surface area contributed by atoms with E-state index in [9.17, 15) is 9.59 Å². The van der Waals surface area contributed by atoms with E-state index in [1.54, 1.807) is 11.0 Å². The maximum atomic E-state index is 12.3. The van der Waals surface area contributed by atoms with Gasteiger partial charge in [0.05, 0.1) is 24.9 Å². The summed E-state index contributed by atoms with van der Waals surface area (Å²) in [5.41, 5.74) is 0.0357. The molecule has 0 aromatic carbocycles. The smallest absolute Gasteiger partial charge is 0.356 e. The van der Waals surface area contributed by atoms with Crippen LogP contribution in [0.1, 0.15) is 23.8 Å². The van der Waals surface area contributed by atoms with E-state index in [4.69, 9.17) is 9.84 Å². The van der Waals surface area contributed by atoms with Crippen LogP contribution in [-0.4, -0.2) is 52.8 Å². The summed E-state index contributed by atoms with van der Waals surface area (Å²) in [4.78, 5) is 28.7. The van der Waals surface area contributed by atoms with Crippen LogP contribution in [-0.2, 0) is 4.74 Å². The minimum absolute atomic E-state index is 0.00806. The largest absolute Gasteiger partial charge is 0.476 e. The summed E-state index contributed by atoms with van der Waals surface area (Å²) < 4.78 is 5.34. The standard InChI is InChI=1S/C13H17N3O4/c1-2-9-8-20-7-6-16(9)13(19)15-10-4-3-5-14-11(10)12(17)18/h3-5,9H,2,6-8H2,1H3,(H,15,19)(H,17,18). The Morgan fingerprint density at radius 1 is 1.60 bits per heavy atom. The number of pyridine rings is 1. The van der Waals surface area contributed by atoms with Crippen LogP contribution in [0.15, 0.2) is 18.3 Å². The summed E-state index contributed by atoms with van der Waals surface area (Å²) >= 11 is 0. The highest BCUT2D eigenvalue weighted by Gasteiger charge is 2.26. The number of carbonyl (C=O) groups is 2. The monoisotopic (exact) mass is 279 g/mol. The van der Waals surface area contributed by atoms with Gasteiger partial charge >= 0.3 is 12.0 Å². The Morgan fingerprint density at radius 2 is 2.40 bits per heavy atom. The molecule has 1 unspecified atom stereocenters. The molecule has 1 saturated heterocycles. The van der Waals surface area contributed by atoms with Crippen molar-refractivity contribution in [3.63, 3.8) is 0 Å². The average molecular weight is 279 g/mol. The summed E-state index contributed by atoms with van der Waals surface area (Å²) in [5.74, 6) is -1.17. The topological polar surface area (TPSA) is 91.8 Å². The molecule has 7 nitrogen and oxygen atoms in total. The summed E-state index contributed by atoms with van der Waals surface area (Å²) in [5, 5.41) is 11.7. The Labute approximate surface area is 116 Å². The molecule has 0 bridgehead atoms. The number of nitrogens with zero attached hydrogens (tertiary/aromatic N) is 2. The number of carboxylic acid groups (broad SMARTS) is 1. The highest BCUT2D eigenvalue weighted by atomic mass is 16.5. The number of anilines is 1. The second-order valence-electron chi connectivity index (χ2n) is 4.47. The molecular weight excluding hydrogens is 262 g/mol. The molecule has 0 radical (unpaired) electrons. The van der Waals surface area contributed by atoms with Crippen molar-refractivity contribution in [1.82, 2.24) is 9.88 Å². The predicted octanol–water partition coefficient (Wildman–Crippen LogP) is 1.42. The number of hydrogen-bond donors (Lipinski definition) is 2. The fraction of sp³-hybridized carbons (Fsp3) is 0.462. The molecule has 2 heterocycles. The lowest BCUT2D eigenvalue weighted by Gasteiger charge is -2.35. The van der Waals surface area contributed by atoms with Gasteiger partial charge in [-0.15, -0.1) is 0 Å². The predicted molar refractivity (Wildman–Crippen MR) is 71.8 cm³/mol. The number of aromatic nitrogens is 1. The number of urea groups is 1. The SMILES string of the molecule is CCC1COCCN1C(=O)Nc1cccnc1C(=O)O. The molecule has 2 N–H and O–H groups in total. The molecule has 2 rings (SSSR count). The van der Waals surface area contributed by atoms with Gasteiger partial charge in [-0.05, 0) is 18.6 Å². The Balaban J connectivity index is 2.13. The zero-order valence-electron chi connectivity index (χ0n) is 11.2. The van der Waals surface area contributed by atoms with Gasteiger partial charge in [0.25, 0.3) is 0 Å². The van der Waals surface area contributed by atoms with Crippen molar-refractivity contribution in [2.24, 2.45) is 0 Å². The minimum Gasteiger partial charge on any atom is -0.476 e. The highest BCUT2D eigenvalue weighted by molar-refractivity contribution is 5.98. The minimum atomic E-state index is -1.17. The quantitative estimate of drug-likeness (QED) is 0.873. The number of morpholine rings is 1. The van der Waals surface area contributed by atoms with Crippen LogP contribution in [0.3, 0.4) is 0 Å². The zero-order valence-corrected chi connectivity index (χ0v) is 11.2. The molecule has 1 aliphatic heterocycles. The van der Waals surface area contributed by atoms with Crippen molar-refractivity contribution in [2.45, 2.75) is 19.4 Å². The van der Waals surface area contributed by atoms with Crippen LogP contribution in [0.2, 0.25) is 0 Å². The molecule has 1 aliphatic rings. The molecule has 108 valence electrons. The summed E-state index contributed by atoms with van der Waals surface area (Å²) in [6, 6.07) is 2.79. The first kappa shape index (κ1) is 14.3. The van der Waals surface area contributed by atoms with Gasteiger partial charge in [0.1, 0.15) is 0 Å². The maximum absolute atomic E-state index is 12.3. The fourth-order valence-corrected chi connectivity index (χ4v) is 2.12. The van der Waals surface area contributed by atoms with Crippen LogP contribution < -0.4 is 5.32 Å². The molecule has 0 spiro atoms. The third-order valence-corrected chi connectivity index (χ3v) is 3.21. The van der Waals surface area contributed by atoms with Crippen molar-refractivity contribution in [3.8, 4) is 0 Å². The van der Waals surface area contributed by atoms with Gasteiger partial charge in [-0.1, -0.05) is 6.92 Å². The molecule has 7 heteroatoms. The number of carbonyl (C=O) groups excluding carboxylic acids is 1. The van der Waals surface area contributed by atoms with E-state index >= 15 is 0 Å². The van der Waals surface area contributed by atoms with Crippen molar-refractivity contribution in [2.75, 3.05) is 25.1 Å². The van der Waals surface area contributed by atoms with Gasteiger partial charge in [0.15, 0.2) is 5.69 Å². The van der Waals surface area contributed by atoms with E-state index in [-0.39, 0.29) is 23.5 Å². The third-order valence-electron chi connectivity index (χ3n) is 3.21. The van der Waals surface area contributed by atoms with Crippen molar-refractivity contribution >= 4 is 17.7 Å². The van der Waals surface area contributed by atoms with E-state index in [0.717, 1.165) is 6.42 Å². The van der Waals surface area contributed by atoms with Gasteiger partial charge in [-0.3, -0.25) is 0 Å². The number of hydrogen-bond acceptors (Lipinski definition) is 4. The molecule has 0 aliphatic carbocycles. The Bertz CT molecular complexity index is 506. The number of amides is 2. The summed E-state index contributed by atoms with van der Waals surface area (Å²) in [7, 11) is 0. The lowest BCUT2D eigenvalue weighted by molar-refractivity contribution is 0.0144. The van der Waals surface area contributed by atoms with Gasteiger partial charge < -0.3 is 20.1 Å². The second-order valence-corrected chi connectivity index (χ2v) is 4.47. The average Bonchev–Trinajstić information content (AvgIpc) is 2.47. The molecule has 1 fully saturated rings. The number of carboxylic acids is 1. The number of aromatic carboxylic acids is 1. The third kappa shape index (κ3) is 3.05. The fourth-order valence-electron chi connectivity index (χ4n) is 2.12. The van der Waals surface area contributed by atoms with Crippen molar-refractivity contribution in [3.05, 3.63) is 24.0 Å². The molecule has 20 heavy (non-hydrogen) atoms. The molecule has 1 aromatic rings. The Hall–Kier alpha value is -2.15. The van der Waals surface area contributed by atoms with Crippen LogP contribution in [0.4, 0.5) is 10.5 Å². The summed E-state index contributed by atoms with van der Waals surface area (Å²) in [6.07, 6.45) is 2.16. The Kier molecular flexibility index (Phi) is 4.52. The van der Waals surface area contributed by atoms with Gasteiger partial charge in [0.2, 0.25) is 0 Å². The Morgan fingerprint density at radius 3 is 3.10 bits per heavy atom. The lowest BCUT2D eigenvalue weighted by Crippen LogP contribution is -2.50. The molecular formula is C13H17N3O4. The number of nitrogens with one attached hydrogen (secondary N) is 1. The zero-order chi connectivity index (χ0) is 14.5. The van der Waals surface area contributed by atoms with Gasteiger partial charge in [0, 0.05) is 12.7 Å². The van der Waals surface area contributed by atoms with Crippen LogP contribution in [0.5, 0.6) is 0 Å². The first-order chi connectivity index (χ1) is 9.63.